The molecule has 1 aromatic rings. The lowest BCUT2D eigenvalue weighted by Gasteiger charge is -2.32. The summed E-state index contributed by atoms with van der Waals surface area (Å²) in [6.45, 7) is 1.49. The topological polar surface area (TPSA) is 57.6 Å². The highest BCUT2D eigenvalue weighted by molar-refractivity contribution is 7.08. The molecule has 1 atom stereocenters. The van der Waals surface area contributed by atoms with Gasteiger partial charge in [-0.25, -0.2) is 0 Å². The number of rotatable bonds is 4. The van der Waals surface area contributed by atoms with Crippen LogP contribution >= 0.6 is 11.3 Å². The van der Waals surface area contributed by atoms with Crippen LogP contribution in [0.25, 0.3) is 0 Å². The maximum atomic E-state index is 12.2. The van der Waals surface area contributed by atoms with Crippen molar-refractivity contribution in [3.8, 4) is 0 Å². The Bertz CT molecular complexity index is 416. The van der Waals surface area contributed by atoms with Gasteiger partial charge < -0.3 is 10.0 Å². The minimum Gasteiger partial charge on any atom is -0.481 e. The molecule has 0 aromatic carbocycles. The molecule has 1 amide bonds. The second-order valence-corrected chi connectivity index (χ2v) is 5.48. The van der Waals surface area contributed by atoms with E-state index in [0.717, 1.165) is 24.9 Å². The average Bonchev–Trinajstić information content (AvgIpc) is 2.89. The largest absolute Gasteiger partial charge is 0.481 e. The molecule has 1 N–H and O–H groups in total. The molecule has 18 heavy (non-hydrogen) atoms. The number of carboxylic acids is 1. The Hall–Kier alpha value is -1.36. The minimum atomic E-state index is -0.753. The molecule has 0 aliphatic carbocycles. The number of thiophene rings is 1. The first-order valence-corrected chi connectivity index (χ1v) is 7.14. The van der Waals surface area contributed by atoms with Gasteiger partial charge in [-0.3, -0.25) is 9.59 Å². The predicted octanol–water partition coefficient (Wildman–Crippen LogP) is 2.47. The molecule has 1 aromatic heterocycles. The monoisotopic (exact) mass is 267 g/mol. The van der Waals surface area contributed by atoms with Crippen LogP contribution in [-0.2, 0) is 4.79 Å². The first-order chi connectivity index (χ1) is 8.66. The van der Waals surface area contributed by atoms with E-state index in [1.807, 2.05) is 21.7 Å². The number of carbonyl (C=O) groups excluding carboxylic acids is 1. The molecule has 1 unspecified atom stereocenters. The molecular weight excluding hydrogens is 250 g/mol. The first-order valence-electron chi connectivity index (χ1n) is 6.20. The van der Waals surface area contributed by atoms with Crippen LogP contribution in [0.3, 0.4) is 0 Å². The zero-order valence-electron chi connectivity index (χ0n) is 10.2. The zero-order chi connectivity index (χ0) is 13.0. The van der Waals surface area contributed by atoms with Crippen molar-refractivity contribution in [3.63, 3.8) is 0 Å². The number of hydrogen-bond donors (Lipinski definition) is 1. The van der Waals surface area contributed by atoms with Crippen molar-refractivity contribution in [1.29, 1.82) is 0 Å². The first kappa shape index (κ1) is 13.1. The van der Waals surface area contributed by atoms with Gasteiger partial charge in [0.1, 0.15) is 0 Å². The van der Waals surface area contributed by atoms with E-state index in [9.17, 15) is 9.59 Å². The molecule has 0 radical (unpaired) electrons. The standard InChI is InChI=1S/C13H17NO3S/c15-12(16)4-3-10-2-1-6-14(8-10)13(17)11-5-7-18-9-11/h5,7,9-10H,1-4,6,8H2,(H,15,16). The molecule has 0 saturated carbocycles. The van der Waals surface area contributed by atoms with E-state index in [0.29, 0.717) is 18.9 Å². The average molecular weight is 267 g/mol. The van der Waals surface area contributed by atoms with Crippen LogP contribution in [0.4, 0.5) is 0 Å². The van der Waals surface area contributed by atoms with Crippen molar-refractivity contribution in [1.82, 2.24) is 4.90 Å². The Kier molecular flexibility index (Phi) is 4.36. The fourth-order valence-electron chi connectivity index (χ4n) is 2.38. The number of piperidine rings is 1. The molecule has 2 heterocycles. The van der Waals surface area contributed by atoms with Gasteiger partial charge in [0.05, 0.1) is 5.56 Å². The zero-order valence-corrected chi connectivity index (χ0v) is 11.0. The van der Waals surface area contributed by atoms with Crippen LogP contribution in [0.1, 0.15) is 36.0 Å². The Labute approximate surface area is 110 Å². The lowest BCUT2D eigenvalue weighted by atomic mass is 9.93. The van der Waals surface area contributed by atoms with Crippen molar-refractivity contribution in [2.75, 3.05) is 13.1 Å². The number of carboxylic acid groups (broad SMARTS) is 1. The third-order valence-corrected chi connectivity index (χ3v) is 4.02. The van der Waals surface area contributed by atoms with Crippen molar-refractivity contribution in [2.24, 2.45) is 5.92 Å². The number of likely N-dealkylation sites (tertiary alicyclic amines) is 1. The molecule has 1 aliphatic rings. The molecule has 1 aliphatic heterocycles. The molecular formula is C13H17NO3S. The smallest absolute Gasteiger partial charge is 0.303 e. The summed E-state index contributed by atoms with van der Waals surface area (Å²) in [7, 11) is 0. The van der Waals surface area contributed by atoms with Gasteiger partial charge in [0, 0.05) is 24.9 Å². The van der Waals surface area contributed by atoms with Crippen LogP contribution in [-0.4, -0.2) is 35.0 Å². The van der Waals surface area contributed by atoms with Crippen LogP contribution < -0.4 is 0 Å². The second kappa shape index (κ2) is 6.00. The number of nitrogens with zero attached hydrogens (tertiary/aromatic N) is 1. The molecule has 0 spiro atoms. The van der Waals surface area contributed by atoms with Gasteiger partial charge >= 0.3 is 5.97 Å². The van der Waals surface area contributed by atoms with Crippen molar-refractivity contribution in [2.45, 2.75) is 25.7 Å². The van der Waals surface area contributed by atoms with Gasteiger partial charge in [-0.15, -0.1) is 0 Å². The van der Waals surface area contributed by atoms with Crippen LogP contribution in [0.15, 0.2) is 16.8 Å². The lowest BCUT2D eigenvalue weighted by Crippen LogP contribution is -2.39. The molecule has 1 saturated heterocycles. The summed E-state index contributed by atoms with van der Waals surface area (Å²) in [6.07, 6.45) is 2.87. The third-order valence-electron chi connectivity index (χ3n) is 3.34. The Morgan fingerprint density at radius 3 is 3.00 bits per heavy atom. The third kappa shape index (κ3) is 3.32. The molecule has 1 fully saturated rings. The van der Waals surface area contributed by atoms with E-state index in [1.54, 1.807) is 0 Å². The summed E-state index contributed by atoms with van der Waals surface area (Å²) in [5.41, 5.74) is 0.749. The number of aliphatic carboxylic acids is 1. The van der Waals surface area contributed by atoms with Gasteiger partial charge in [-0.2, -0.15) is 11.3 Å². The Morgan fingerprint density at radius 1 is 1.50 bits per heavy atom. The lowest BCUT2D eigenvalue weighted by molar-refractivity contribution is -0.137. The molecule has 5 heteroatoms. The van der Waals surface area contributed by atoms with Crippen molar-refractivity contribution >= 4 is 23.2 Å². The van der Waals surface area contributed by atoms with E-state index in [2.05, 4.69) is 0 Å². The maximum Gasteiger partial charge on any atom is 0.303 e. The van der Waals surface area contributed by atoms with Gasteiger partial charge in [-0.05, 0) is 36.6 Å². The van der Waals surface area contributed by atoms with Crippen molar-refractivity contribution < 1.29 is 14.7 Å². The van der Waals surface area contributed by atoms with Crippen LogP contribution in [0.2, 0.25) is 0 Å². The van der Waals surface area contributed by atoms with E-state index in [4.69, 9.17) is 5.11 Å². The van der Waals surface area contributed by atoms with Crippen molar-refractivity contribution in [3.05, 3.63) is 22.4 Å². The SMILES string of the molecule is O=C(O)CCC1CCCN(C(=O)c2ccsc2)C1. The van der Waals surface area contributed by atoms with E-state index in [1.165, 1.54) is 11.3 Å². The summed E-state index contributed by atoms with van der Waals surface area (Å²) in [4.78, 5) is 24.6. The van der Waals surface area contributed by atoms with Gasteiger partial charge in [0.15, 0.2) is 0 Å². The molecule has 0 bridgehead atoms. The predicted molar refractivity (Wildman–Crippen MR) is 69.8 cm³/mol. The summed E-state index contributed by atoms with van der Waals surface area (Å²) >= 11 is 1.52. The number of carbonyl (C=O) groups is 2. The summed E-state index contributed by atoms with van der Waals surface area (Å²) in [5.74, 6) is -0.343. The summed E-state index contributed by atoms with van der Waals surface area (Å²) in [5, 5.41) is 12.5. The normalized spacial score (nSPS) is 19.8. The van der Waals surface area contributed by atoms with E-state index >= 15 is 0 Å². The minimum absolute atomic E-state index is 0.0799. The van der Waals surface area contributed by atoms with Gasteiger partial charge in [0.25, 0.3) is 5.91 Å². The van der Waals surface area contributed by atoms with Gasteiger partial charge in [-0.1, -0.05) is 0 Å². The van der Waals surface area contributed by atoms with E-state index < -0.39 is 5.97 Å². The highest BCUT2D eigenvalue weighted by atomic mass is 32.1. The van der Waals surface area contributed by atoms with Gasteiger partial charge in [0.2, 0.25) is 0 Å². The Morgan fingerprint density at radius 2 is 2.33 bits per heavy atom. The molecule has 2 rings (SSSR count). The molecule has 4 nitrogen and oxygen atoms in total. The fourth-order valence-corrected chi connectivity index (χ4v) is 3.01. The second-order valence-electron chi connectivity index (χ2n) is 4.70. The van der Waals surface area contributed by atoms with E-state index in [-0.39, 0.29) is 12.3 Å². The number of hydrogen-bond acceptors (Lipinski definition) is 3. The number of amides is 1. The quantitative estimate of drug-likeness (QED) is 0.911. The van der Waals surface area contributed by atoms with Crippen LogP contribution in [0, 0.1) is 5.92 Å². The maximum absolute atomic E-state index is 12.2. The Balaban J connectivity index is 1.90. The highest BCUT2D eigenvalue weighted by Gasteiger charge is 2.24. The molecule has 98 valence electrons. The fraction of sp³-hybridized carbons (Fsp3) is 0.538. The summed E-state index contributed by atoms with van der Waals surface area (Å²) < 4.78 is 0. The highest BCUT2D eigenvalue weighted by Crippen LogP contribution is 2.22. The van der Waals surface area contributed by atoms with Crippen LogP contribution in [0.5, 0.6) is 0 Å². The summed E-state index contributed by atoms with van der Waals surface area (Å²) in [6, 6.07) is 1.84.